The van der Waals surface area contributed by atoms with Gasteiger partial charge in [-0.2, -0.15) is 0 Å². The van der Waals surface area contributed by atoms with Gasteiger partial charge in [0.05, 0.1) is 21.5 Å². The molecule has 1 amide bonds. The summed E-state index contributed by atoms with van der Waals surface area (Å²) in [4.78, 5) is 16.4. The first kappa shape index (κ1) is 20.9. The number of thioether (sulfide) groups is 1. The van der Waals surface area contributed by atoms with Crippen molar-refractivity contribution in [2.45, 2.75) is 24.6 Å². The molecule has 1 aromatic carbocycles. The van der Waals surface area contributed by atoms with E-state index >= 15 is 0 Å². The molecule has 2 aromatic heterocycles. The van der Waals surface area contributed by atoms with E-state index in [9.17, 15) is 4.79 Å². The minimum atomic E-state index is -0.235. The molecular formula is C18H17Cl2N5OS2. The normalized spacial score (nSPS) is 10.7. The molecule has 0 aliphatic carbocycles. The lowest BCUT2D eigenvalue weighted by atomic mass is 10.1. The fraction of sp³-hybridized carbons (Fsp3) is 0.222. The predicted molar refractivity (Wildman–Crippen MR) is 117 cm³/mol. The van der Waals surface area contributed by atoms with Crippen molar-refractivity contribution in [3.63, 3.8) is 0 Å². The number of carbonyl (C=O) groups is 1. The van der Waals surface area contributed by atoms with Crippen LogP contribution in [0.25, 0.3) is 0 Å². The predicted octanol–water partition coefficient (Wildman–Crippen LogP) is 5.59. The number of hydrogen-bond acceptors (Lipinski definition) is 7. The van der Waals surface area contributed by atoms with Crippen LogP contribution in [0, 0.1) is 6.92 Å². The zero-order valence-electron chi connectivity index (χ0n) is 15.1. The molecule has 0 saturated heterocycles. The van der Waals surface area contributed by atoms with Crippen molar-refractivity contribution >= 4 is 68.8 Å². The highest BCUT2D eigenvalue weighted by atomic mass is 35.5. The molecule has 0 aliphatic rings. The van der Waals surface area contributed by atoms with Crippen molar-refractivity contribution < 1.29 is 4.79 Å². The van der Waals surface area contributed by atoms with Crippen LogP contribution < -0.4 is 10.6 Å². The topological polar surface area (TPSA) is 79.8 Å². The summed E-state index contributed by atoms with van der Waals surface area (Å²) in [6.07, 6.45) is 0.998. The van der Waals surface area contributed by atoms with Crippen LogP contribution in [0.2, 0.25) is 10.0 Å². The van der Waals surface area contributed by atoms with Crippen molar-refractivity contribution in [1.82, 2.24) is 15.2 Å². The molecule has 0 bridgehead atoms. The standard InChI is InChI=1S/C18H17Cl2N5OS2/c1-3-11-4-6-12(7-5-11)22-17-24-25-18(28-17)27-9-15(26)23-16-14(20)8-13(19)10(2)21-16/h4-8H,3,9H2,1-2H3,(H,22,24)(H,21,23,26). The molecular weight excluding hydrogens is 437 g/mol. The van der Waals surface area contributed by atoms with Crippen LogP contribution in [-0.2, 0) is 11.2 Å². The number of pyridine rings is 1. The molecule has 10 heteroatoms. The fourth-order valence-corrected chi connectivity index (χ4v) is 4.19. The van der Waals surface area contributed by atoms with Gasteiger partial charge in [0.15, 0.2) is 10.2 Å². The molecule has 2 N–H and O–H groups in total. The highest BCUT2D eigenvalue weighted by Crippen LogP contribution is 2.29. The third-order valence-corrected chi connectivity index (χ3v) is 6.35. The van der Waals surface area contributed by atoms with Gasteiger partial charge in [0, 0.05) is 5.69 Å². The van der Waals surface area contributed by atoms with E-state index in [4.69, 9.17) is 23.2 Å². The van der Waals surface area contributed by atoms with Crippen LogP contribution >= 0.6 is 46.3 Å². The molecule has 3 rings (SSSR count). The van der Waals surface area contributed by atoms with Crippen molar-refractivity contribution in [3.05, 3.63) is 51.6 Å². The summed E-state index contributed by atoms with van der Waals surface area (Å²) >= 11 is 14.7. The molecule has 0 atom stereocenters. The molecule has 3 aromatic rings. The van der Waals surface area contributed by atoms with Gasteiger partial charge in [-0.1, -0.05) is 65.4 Å². The lowest BCUT2D eigenvalue weighted by molar-refractivity contribution is -0.113. The largest absolute Gasteiger partial charge is 0.330 e. The number of aromatic nitrogens is 3. The van der Waals surface area contributed by atoms with E-state index in [-0.39, 0.29) is 11.7 Å². The molecule has 0 saturated carbocycles. The first-order valence-electron chi connectivity index (χ1n) is 8.39. The summed E-state index contributed by atoms with van der Waals surface area (Å²) in [6, 6.07) is 9.71. The third kappa shape index (κ3) is 5.57. The fourth-order valence-electron chi connectivity index (χ4n) is 2.21. The number of hydrogen-bond donors (Lipinski definition) is 2. The minimum absolute atomic E-state index is 0.166. The van der Waals surface area contributed by atoms with Gasteiger partial charge in [-0.15, -0.1) is 10.2 Å². The van der Waals surface area contributed by atoms with Gasteiger partial charge in [-0.25, -0.2) is 4.98 Å². The van der Waals surface area contributed by atoms with E-state index in [1.807, 2.05) is 12.1 Å². The summed E-state index contributed by atoms with van der Waals surface area (Å²) in [6.45, 7) is 3.86. The molecule has 146 valence electrons. The smallest absolute Gasteiger partial charge is 0.236 e. The number of amides is 1. The Labute approximate surface area is 181 Å². The van der Waals surface area contributed by atoms with Gasteiger partial charge >= 0.3 is 0 Å². The van der Waals surface area contributed by atoms with Crippen molar-refractivity contribution in [2.75, 3.05) is 16.4 Å². The van der Waals surface area contributed by atoms with Crippen molar-refractivity contribution in [2.24, 2.45) is 0 Å². The molecule has 28 heavy (non-hydrogen) atoms. The van der Waals surface area contributed by atoms with Crippen LogP contribution in [-0.4, -0.2) is 26.8 Å². The number of carbonyl (C=O) groups excluding carboxylic acids is 1. The Morgan fingerprint density at radius 2 is 1.93 bits per heavy atom. The van der Waals surface area contributed by atoms with Gasteiger partial charge in [0.25, 0.3) is 0 Å². The van der Waals surface area contributed by atoms with Gasteiger partial charge < -0.3 is 10.6 Å². The van der Waals surface area contributed by atoms with Crippen LogP contribution in [0.5, 0.6) is 0 Å². The summed E-state index contributed by atoms with van der Waals surface area (Å²) < 4.78 is 0.689. The van der Waals surface area contributed by atoms with Gasteiger partial charge in [0.1, 0.15) is 0 Å². The zero-order valence-corrected chi connectivity index (χ0v) is 18.3. The Balaban J connectivity index is 1.53. The Kier molecular flexibility index (Phi) is 7.12. The maximum atomic E-state index is 12.2. The summed E-state index contributed by atoms with van der Waals surface area (Å²) in [5.41, 5.74) is 2.82. The van der Waals surface area contributed by atoms with E-state index < -0.39 is 0 Å². The first-order chi connectivity index (χ1) is 13.4. The van der Waals surface area contributed by atoms with E-state index in [2.05, 4.69) is 44.9 Å². The molecule has 0 spiro atoms. The van der Waals surface area contributed by atoms with Gasteiger partial charge in [-0.3, -0.25) is 4.79 Å². The molecule has 0 aliphatic heterocycles. The molecule has 2 heterocycles. The van der Waals surface area contributed by atoms with Crippen LogP contribution in [0.15, 0.2) is 34.7 Å². The second-order valence-electron chi connectivity index (χ2n) is 5.77. The third-order valence-electron chi connectivity index (χ3n) is 3.71. The lowest BCUT2D eigenvalue weighted by Crippen LogP contribution is -2.15. The van der Waals surface area contributed by atoms with E-state index in [0.29, 0.717) is 31.0 Å². The number of halogens is 2. The quantitative estimate of drug-likeness (QED) is 0.454. The second kappa shape index (κ2) is 9.56. The number of nitrogens with one attached hydrogen (secondary N) is 2. The maximum absolute atomic E-state index is 12.2. The number of aryl methyl sites for hydroxylation is 2. The number of rotatable bonds is 7. The van der Waals surface area contributed by atoms with Gasteiger partial charge in [-0.05, 0) is 37.1 Å². The molecule has 0 radical (unpaired) electrons. The number of benzene rings is 1. The SMILES string of the molecule is CCc1ccc(Nc2nnc(SCC(=O)Nc3nc(C)c(Cl)cc3Cl)s2)cc1. The molecule has 0 fully saturated rings. The van der Waals surface area contributed by atoms with Crippen LogP contribution in [0.3, 0.4) is 0 Å². The summed E-state index contributed by atoms with van der Waals surface area (Å²) in [5, 5.41) is 15.5. The Morgan fingerprint density at radius 3 is 2.64 bits per heavy atom. The first-order valence-corrected chi connectivity index (χ1v) is 10.9. The minimum Gasteiger partial charge on any atom is -0.330 e. The van der Waals surface area contributed by atoms with Crippen molar-refractivity contribution in [1.29, 1.82) is 0 Å². The van der Waals surface area contributed by atoms with E-state index in [0.717, 1.165) is 12.1 Å². The average Bonchev–Trinajstić information content (AvgIpc) is 3.12. The maximum Gasteiger partial charge on any atom is 0.236 e. The monoisotopic (exact) mass is 453 g/mol. The highest BCUT2D eigenvalue weighted by molar-refractivity contribution is 8.01. The Bertz CT molecular complexity index is 979. The van der Waals surface area contributed by atoms with Crippen LogP contribution in [0.4, 0.5) is 16.6 Å². The Morgan fingerprint density at radius 1 is 1.18 bits per heavy atom. The van der Waals surface area contributed by atoms with Crippen LogP contribution in [0.1, 0.15) is 18.2 Å². The number of anilines is 3. The van der Waals surface area contributed by atoms with Gasteiger partial charge in [0.2, 0.25) is 11.0 Å². The average molecular weight is 454 g/mol. The lowest BCUT2D eigenvalue weighted by Gasteiger charge is -2.07. The summed E-state index contributed by atoms with van der Waals surface area (Å²) in [7, 11) is 0. The summed E-state index contributed by atoms with van der Waals surface area (Å²) in [5.74, 6) is 0.227. The number of nitrogens with zero attached hydrogens (tertiary/aromatic N) is 3. The van der Waals surface area contributed by atoms with E-state index in [1.165, 1.54) is 28.7 Å². The molecule has 0 unspecified atom stereocenters. The Hall–Kier alpha value is -1.87. The highest BCUT2D eigenvalue weighted by Gasteiger charge is 2.12. The van der Waals surface area contributed by atoms with Crippen molar-refractivity contribution in [3.8, 4) is 0 Å². The van der Waals surface area contributed by atoms with E-state index in [1.54, 1.807) is 13.0 Å². The second-order valence-corrected chi connectivity index (χ2v) is 8.79. The molecule has 6 nitrogen and oxygen atoms in total. The zero-order chi connectivity index (χ0) is 20.1.